The van der Waals surface area contributed by atoms with Crippen molar-refractivity contribution in [3.8, 4) is 0 Å². The minimum atomic E-state index is -0.355. The third-order valence-electron chi connectivity index (χ3n) is 2.94. The van der Waals surface area contributed by atoms with E-state index in [1.54, 1.807) is 25.8 Å². The number of carbonyl (C=O) groups excluding carboxylic acids is 2. The summed E-state index contributed by atoms with van der Waals surface area (Å²) in [7, 11) is 1.76. The molecule has 2 N–H and O–H groups in total. The number of nitrogens with one attached hydrogen (secondary N) is 2. The number of nitrogens with zero attached hydrogens (tertiary/aromatic N) is 1. The summed E-state index contributed by atoms with van der Waals surface area (Å²) in [5.41, 5.74) is 0. The van der Waals surface area contributed by atoms with Crippen molar-refractivity contribution < 1.29 is 9.59 Å². The Morgan fingerprint density at radius 2 is 1.78 bits per heavy atom. The van der Waals surface area contributed by atoms with Gasteiger partial charge < -0.3 is 10.2 Å². The molecule has 106 valence electrons. The van der Waals surface area contributed by atoms with E-state index in [1.165, 1.54) is 0 Å². The summed E-state index contributed by atoms with van der Waals surface area (Å²) in [6.45, 7) is 8.92. The van der Waals surface area contributed by atoms with Crippen molar-refractivity contribution >= 4 is 11.8 Å². The maximum atomic E-state index is 11.8. The van der Waals surface area contributed by atoms with Gasteiger partial charge in [-0.3, -0.25) is 14.9 Å². The highest BCUT2D eigenvalue weighted by atomic mass is 16.2. The number of hydrogen-bond acceptors (Lipinski definition) is 3. The maximum absolute atomic E-state index is 11.8. The Balaban J connectivity index is 4.09. The fourth-order valence-corrected chi connectivity index (χ4v) is 1.55. The molecule has 0 fully saturated rings. The fraction of sp³-hybridized carbons (Fsp3) is 0.846. The first kappa shape index (κ1) is 16.9. The Hall–Kier alpha value is -1.10. The largest absolute Gasteiger partial charge is 0.355 e. The lowest BCUT2D eigenvalue weighted by atomic mass is 10.2. The average molecular weight is 257 g/mol. The van der Waals surface area contributed by atoms with Crippen LogP contribution in [0.15, 0.2) is 0 Å². The van der Waals surface area contributed by atoms with Crippen LogP contribution in [-0.4, -0.2) is 48.9 Å². The lowest BCUT2D eigenvalue weighted by molar-refractivity contribution is -0.132. The van der Waals surface area contributed by atoms with E-state index in [4.69, 9.17) is 0 Å². The van der Waals surface area contributed by atoms with E-state index < -0.39 is 0 Å². The van der Waals surface area contributed by atoms with Crippen molar-refractivity contribution in [2.24, 2.45) is 0 Å². The third kappa shape index (κ3) is 6.00. The second-order valence-corrected chi connectivity index (χ2v) is 4.61. The molecule has 5 nitrogen and oxygen atoms in total. The number of unbranched alkanes of at least 4 members (excludes halogenated alkanes) is 1. The highest BCUT2D eigenvalue weighted by molar-refractivity contribution is 5.84. The van der Waals surface area contributed by atoms with Gasteiger partial charge in [0.25, 0.3) is 0 Å². The summed E-state index contributed by atoms with van der Waals surface area (Å²) in [5, 5.41) is 5.86. The molecule has 0 aliphatic heterocycles. The summed E-state index contributed by atoms with van der Waals surface area (Å²) in [4.78, 5) is 25.2. The smallest absolute Gasteiger partial charge is 0.239 e. The minimum absolute atomic E-state index is 0.00529. The second-order valence-electron chi connectivity index (χ2n) is 4.61. The lowest BCUT2D eigenvalue weighted by Crippen LogP contribution is -2.51. The Bertz CT molecular complexity index is 269. The summed E-state index contributed by atoms with van der Waals surface area (Å²) >= 11 is 0. The van der Waals surface area contributed by atoms with Gasteiger partial charge in [-0.05, 0) is 27.2 Å². The molecule has 2 unspecified atom stereocenters. The van der Waals surface area contributed by atoms with E-state index in [9.17, 15) is 9.59 Å². The maximum Gasteiger partial charge on any atom is 0.239 e. The number of hydrogen-bond donors (Lipinski definition) is 2. The number of carbonyl (C=O) groups is 2. The van der Waals surface area contributed by atoms with Crippen molar-refractivity contribution in [3.63, 3.8) is 0 Å². The molecule has 0 rings (SSSR count). The van der Waals surface area contributed by atoms with E-state index in [2.05, 4.69) is 17.6 Å². The molecule has 0 saturated carbocycles. The molecular formula is C13H27N3O2. The molecular weight excluding hydrogens is 230 g/mol. The summed E-state index contributed by atoms with van der Waals surface area (Å²) in [6.07, 6.45) is 2.03. The van der Waals surface area contributed by atoms with Crippen LogP contribution in [-0.2, 0) is 9.59 Å². The molecule has 0 spiro atoms. The molecule has 0 aromatic carbocycles. The van der Waals surface area contributed by atoms with Crippen molar-refractivity contribution in [1.82, 2.24) is 15.5 Å². The molecule has 18 heavy (non-hydrogen) atoms. The van der Waals surface area contributed by atoms with Crippen molar-refractivity contribution in [3.05, 3.63) is 0 Å². The lowest BCUT2D eigenvalue weighted by Gasteiger charge is -2.23. The Morgan fingerprint density at radius 1 is 1.17 bits per heavy atom. The van der Waals surface area contributed by atoms with Crippen LogP contribution in [0.3, 0.4) is 0 Å². The van der Waals surface area contributed by atoms with Gasteiger partial charge in [-0.15, -0.1) is 0 Å². The standard InChI is InChI=1S/C13H27N3O2/c1-6-8-9-14-12(17)10(3)15-11(4)13(18)16(5)7-2/h10-11,15H,6-9H2,1-5H3,(H,14,17). The molecule has 0 radical (unpaired) electrons. The van der Waals surface area contributed by atoms with Gasteiger partial charge >= 0.3 is 0 Å². The Morgan fingerprint density at radius 3 is 2.28 bits per heavy atom. The molecule has 5 heteroatoms. The fourth-order valence-electron chi connectivity index (χ4n) is 1.55. The predicted molar refractivity (Wildman–Crippen MR) is 73.3 cm³/mol. The molecule has 0 bridgehead atoms. The zero-order chi connectivity index (χ0) is 14.1. The van der Waals surface area contributed by atoms with E-state index >= 15 is 0 Å². The predicted octanol–water partition coefficient (Wildman–Crippen LogP) is 0.748. The van der Waals surface area contributed by atoms with Crippen LogP contribution in [0.5, 0.6) is 0 Å². The first-order valence-electron chi connectivity index (χ1n) is 6.72. The Labute approximate surface area is 110 Å². The molecule has 0 aliphatic rings. The highest BCUT2D eigenvalue weighted by Crippen LogP contribution is 1.94. The van der Waals surface area contributed by atoms with Gasteiger partial charge in [-0.2, -0.15) is 0 Å². The van der Waals surface area contributed by atoms with Gasteiger partial charge in [0.05, 0.1) is 12.1 Å². The minimum Gasteiger partial charge on any atom is -0.355 e. The van der Waals surface area contributed by atoms with Gasteiger partial charge in [-0.25, -0.2) is 0 Å². The van der Waals surface area contributed by atoms with Crippen LogP contribution in [0.1, 0.15) is 40.5 Å². The number of rotatable bonds is 8. The van der Waals surface area contributed by atoms with Crippen LogP contribution in [0.4, 0.5) is 0 Å². The van der Waals surface area contributed by atoms with Gasteiger partial charge in [0, 0.05) is 20.1 Å². The molecule has 0 aromatic rings. The van der Waals surface area contributed by atoms with Crippen LogP contribution in [0, 0.1) is 0 Å². The van der Waals surface area contributed by atoms with Crippen molar-refractivity contribution in [2.45, 2.75) is 52.6 Å². The number of amides is 2. The topological polar surface area (TPSA) is 61.4 Å². The summed E-state index contributed by atoms with van der Waals surface area (Å²) in [6, 6.07) is -0.701. The number of likely N-dealkylation sites (N-methyl/N-ethyl adjacent to an activating group) is 1. The zero-order valence-corrected chi connectivity index (χ0v) is 12.2. The van der Waals surface area contributed by atoms with Gasteiger partial charge in [0.15, 0.2) is 0 Å². The first-order chi connectivity index (χ1) is 8.43. The molecule has 0 aliphatic carbocycles. The second kappa shape index (κ2) is 8.91. The van der Waals surface area contributed by atoms with E-state index in [1.807, 2.05) is 6.92 Å². The van der Waals surface area contributed by atoms with Crippen LogP contribution in [0.25, 0.3) is 0 Å². The molecule has 0 aromatic heterocycles. The normalized spacial score (nSPS) is 13.8. The quantitative estimate of drug-likeness (QED) is 0.631. The third-order valence-corrected chi connectivity index (χ3v) is 2.94. The highest BCUT2D eigenvalue weighted by Gasteiger charge is 2.21. The monoisotopic (exact) mass is 257 g/mol. The van der Waals surface area contributed by atoms with Gasteiger partial charge in [0.1, 0.15) is 0 Å². The van der Waals surface area contributed by atoms with E-state index in [0.29, 0.717) is 13.1 Å². The summed E-state index contributed by atoms with van der Waals surface area (Å²) < 4.78 is 0. The van der Waals surface area contributed by atoms with Gasteiger partial charge in [0.2, 0.25) is 11.8 Å². The molecule has 2 amide bonds. The first-order valence-corrected chi connectivity index (χ1v) is 6.72. The van der Waals surface area contributed by atoms with Crippen molar-refractivity contribution in [1.29, 1.82) is 0 Å². The van der Waals surface area contributed by atoms with Gasteiger partial charge in [-0.1, -0.05) is 13.3 Å². The van der Waals surface area contributed by atoms with E-state index in [-0.39, 0.29) is 23.9 Å². The summed E-state index contributed by atoms with van der Waals surface area (Å²) in [5.74, 6) is -0.0482. The van der Waals surface area contributed by atoms with Crippen LogP contribution < -0.4 is 10.6 Å². The van der Waals surface area contributed by atoms with Crippen molar-refractivity contribution in [2.75, 3.05) is 20.1 Å². The molecule has 0 saturated heterocycles. The Kier molecular flexibility index (Phi) is 8.37. The average Bonchev–Trinajstić information content (AvgIpc) is 2.36. The van der Waals surface area contributed by atoms with Crippen LogP contribution >= 0.6 is 0 Å². The molecule has 0 heterocycles. The molecule has 2 atom stereocenters. The zero-order valence-electron chi connectivity index (χ0n) is 12.2. The SMILES string of the molecule is CCCCNC(=O)C(C)NC(C)C(=O)N(C)CC. The van der Waals surface area contributed by atoms with E-state index in [0.717, 1.165) is 12.8 Å². The van der Waals surface area contributed by atoms with Crippen LogP contribution in [0.2, 0.25) is 0 Å².